The average Bonchev–Trinajstić information content (AvgIpc) is 2.76. The molecule has 0 atom stereocenters. The Morgan fingerprint density at radius 3 is 2.78 bits per heavy atom. The third-order valence-electron chi connectivity index (χ3n) is 2.61. The summed E-state index contributed by atoms with van der Waals surface area (Å²) in [5, 5.41) is 3.59. The van der Waals surface area contributed by atoms with Gasteiger partial charge in [-0.15, -0.1) is 11.3 Å². The van der Waals surface area contributed by atoms with Crippen molar-refractivity contribution in [3.05, 3.63) is 40.4 Å². The largest absolute Gasteiger partial charge is 0.315 e. The van der Waals surface area contributed by atoms with Crippen LogP contribution in [0, 0.1) is 11.6 Å². The molecular weight excluding hydrogens is 254 g/mol. The molecule has 1 aromatic carbocycles. The monoisotopic (exact) mass is 268 g/mol. The molecule has 1 aromatic heterocycles. The van der Waals surface area contributed by atoms with E-state index < -0.39 is 11.6 Å². The number of benzene rings is 1. The second-order valence-electron chi connectivity index (χ2n) is 3.90. The third-order valence-corrected chi connectivity index (χ3v) is 3.74. The van der Waals surface area contributed by atoms with Crippen molar-refractivity contribution < 1.29 is 8.78 Å². The lowest BCUT2D eigenvalue weighted by Gasteiger charge is -1.98. The number of halogens is 2. The van der Waals surface area contributed by atoms with Crippen LogP contribution in [0.5, 0.6) is 0 Å². The molecule has 0 aliphatic heterocycles. The number of hydrogen-bond donors (Lipinski definition) is 1. The molecule has 0 amide bonds. The molecule has 1 heterocycles. The number of rotatable bonds is 4. The van der Waals surface area contributed by atoms with Crippen LogP contribution in [-0.2, 0) is 13.0 Å². The van der Waals surface area contributed by atoms with Crippen LogP contribution >= 0.6 is 11.3 Å². The van der Waals surface area contributed by atoms with Crippen LogP contribution in [0.1, 0.15) is 17.5 Å². The zero-order valence-electron chi connectivity index (χ0n) is 10.3. The van der Waals surface area contributed by atoms with Crippen molar-refractivity contribution >= 4 is 11.3 Å². The minimum absolute atomic E-state index is 0.233. The molecule has 0 saturated heterocycles. The number of nitrogens with zero attached hydrogens (tertiary/aromatic N) is 1. The van der Waals surface area contributed by atoms with E-state index in [4.69, 9.17) is 0 Å². The van der Waals surface area contributed by atoms with E-state index in [2.05, 4.69) is 10.3 Å². The van der Waals surface area contributed by atoms with Gasteiger partial charge in [-0.3, -0.25) is 0 Å². The minimum atomic E-state index is -0.449. The second kappa shape index (κ2) is 5.54. The first kappa shape index (κ1) is 13.1. The third kappa shape index (κ3) is 2.57. The zero-order valence-corrected chi connectivity index (χ0v) is 11.1. The summed E-state index contributed by atoms with van der Waals surface area (Å²) in [5.74, 6) is -0.890. The summed E-state index contributed by atoms with van der Waals surface area (Å²) in [7, 11) is 1.85. The van der Waals surface area contributed by atoms with Crippen molar-refractivity contribution in [2.45, 2.75) is 19.9 Å². The van der Waals surface area contributed by atoms with Gasteiger partial charge < -0.3 is 5.32 Å². The maximum atomic E-state index is 13.7. The molecule has 0 radical (unpaired) electrons. The van der Waals surface area contributed by atoms with Gasteiger partial charge in [0.2, 0.25) is 0 Å². The van der Waals surface area contributed by atoms with Crippen LogP contribution in [0.25, 0.3) is 10.6 Å². The molecule has 0 saturated carbocycles. The lowest BCUT2D eigenvalue weighted by atomic mass is 10.2. The van der Waals surface area contributed by atoms with Crippen LogP contribution in [0.4, 0.5) is 8.78 Å². The van der Waals surface area contributed by atoms with Gasteiger partial charge in [0.15, 0.2) is 0 Å². The molecule has 0 spiro atoms. The van der Waals surface area contributed by atoms with Crippen LogP contribution in [-0.4, -0.2) is 12.0 Å². The molecule has 1 N–H and O–H groups in total. The van der Waals surface area contributed by atoms with Gasteiger partial charge in [0.1, 0.15) is 16.6 Å². The SMILES string of the molecule is CCc1nc(-c2cc(F)ccc2F)sc1CNC. The Morgan fingerprint density at radius 1 is 1.33 bits per heavy atom. The van der Waals surface area contributed by atoms with Crippen molar-refractivity contribution in [2.75, 3.05) is 7.05 Å². The quantitative estimate of drug-likeness (QED) is 0.919. The van der Waals surface area contributed by atoms with Gasteiger partial charge in [0, 0.05) is 17.0 Å². The molecule has 0 fully saturated rings. The number of hydrogen-bond acceptors (Lipinski definition) is 3. The van der Waals surface area contributed by atoms with Crippen molar-refractivity contribution in [2.24, 2.45) is 0 Å². The molecule has 0 unspecified atom stereocenters. The lowest BCUT2D eigenvalue weighted by Crippen LogP contribution is -2.05. The van der Waals surface area contributed by atoms with Gasteiger partial charge in [0.25, 0.3) is 0 Å². The molecule has 0 aliphatic rings. The van der Waals surface area contributed by atoms with Crippen molar-refractivity contribution in [1.82, 2.24) is 10.3 Å². The molecule has 2 rings (SSSR count). The predicted octanol–water partition coefficient (Wildman–Crippen LogP) is 3.37. The molecule has 96 valence electrons. The highest BCUT2D eigenvalue weighted by atomic mass is 32.1. The number of nitrogens with one attached hydrogen (secondary N) is 1. The maximum Gasteiger partial charge on any atom is 0.133 e. The van der Waals surface area contributed by atoms with E-state index in [0.29, 0.717) is 11.6 Å². The normalized spacial score (nSPS) is 10.9. The van der Waals surface area contributed by atoms with Crippen LogP contribution in [0.15, 0.2) is 18.2 Å². The summed E-state index contributed by atoms with van der Waals surface area (Å²) in [6.45, 7) is 2.69. The summed E-state index contributed by atoms with van der Waals surface area (Å²) < 4.78 is 26.8. The Kier molecular flexibility index (Phi) is 4.04. The molecule has 0 aliphatic carbocycles. The Hall–Kier alpha value is -1.33. The van der Waals surface area contributed by atoms with Gasteiger partial charge in [-0.1, -0.05) is 6.92 Å². The van der Waals surface area contributed by atoms with E-state index in [1.165, 1.54) is 17.4 Å². The fraction of sp³-hybridized carbons (Fsp3) is 0.308. The number of aryl methyl sites for hydroxylation is 1. The van der Waals surface area contributed by atoms with Gasteiger partial charge >= 0.3 is 0 Å². The highest BCUT2D eigenvalue weighted by molar-refractivity contribution is 7.15. The summed E-state index contributed by atoms with van der Waals surface area (Å²) in [4.78, 5) is 5.46. The molecular formula is C13H14F2N2S. The van der Waals surface area contributed by atoms with E-state index in [1.807, 2.05) is 14.0 Å². The Balaban J connectivity index is 2.47. The second-order valence-corrected chi connectivity index (χ2v) is 4.98. The fourth-order valence-corrected chi connectivity index (χ4v) is 2.91. The topological polar surface area (TPSA) is 24.9 Å². The molecule has 2 nitrogen and oxygen atoms in total. The Labute approximate surface area is 109 Å². The van der Waals surface area contributed by atoms with Crippen molar-refractivity contribution in [3.8, 4) is 10.6 Å². The van der Waals surface area contributed by atoms with Gasteiger partial charge in [-0.25, -0.2) is 13.8 Å². The minimum Gasteiger partial charge on any atom is -0.315 e. The first-order valence-electron chi connectivity index (χ1n) is 5.74. The van der Waals surface area contributed by atoms with E-state index in [1.54, 1.807) is 0 Å². The van der Waals surface area contributed by atoms with E-state index in [9.17, 15) is 8.78 Å². The van der Waals surface area contributed by atoms with Crippen LogP contribution in [0.2, 0.25) is 0 Å². The summed E-state index contributed by atoms with van der Waals surface area (Å²) in [6, 6.07) is 3.44. The zero-order chi connectivity index (χ0) is 13.1. The van der Waals surface area contributed by atoms with Gasteiger partial charge in [-0.2, -0.15) is 0 Å². The smallest absolute Gasteiger partial charge is 0.133 e. The molecule has 18 heavy (non-hydrogen) atoms. The predicted molar refractivity (Wildman–Crippen MR) is 69.6 cm³/mol. The summed E-state index contributed by atoms with van der Waals surface area (Å²) >= 11 is 1.40. The molecule has 2 aromatic rings. The molecule has 5 heteroatoms. The van der Waals surface area contributed by atoms with Crippen LogP contribution in [0.3, 0.4) is 0 Å². The van der Waals surface area contributed by atoms with Gasteiger partial charge in [-0.05, 0) is 31.7 Å². The summed E-state index contributed by atoms with van der Waals surface area (Å²) in [6.07, 6.45) is 0.782. The lowest BCUT2D eigenvalue weighted by molar-refractivity contribution is 0.603. The van der Waals surface area contributed by atoms with Gasteiger partial charge in [0.05, 0.1) is 5.69 Å². The first-order valence-corrected chi connectivity index (χ1v) is 6.56. The highest BCUT2D eigenvalue weighted by Crippen LogP contribution is 2.30. The maximum absolute atomic E-state index is 13.7. The van der Waals surface area contributed by atoms with E-state index in [0.717, 1.165) is 29.1 Å². The van der Waals surface area contributed by atoms with E-state index in [-0.39, 0.29) is 5.56 Å². The standard InChI is InChI=1S/C13H14F2N2S/c1-3-11-12(7-16-2)18-13(17-11)9-6-8(14)4-5-10(9)15/h4-6,16H,3,7H2,1-2H3. The Morgan fingerprint density at radius 2 is 2.11 bits per heavy atom. The van der Waals surface area contributed by atoms with Crippen molar-refractivity contribution in [1.29, 1.82) is 0 Å². The average molecular weight is 268 g/mol. The number of thiazole rings is 1. The van der Waals surface area contributed by atoms with Crippen LogP contribution < -0.4 is 5.32 Å². The van der Waals surface area contributed by atoms with E-state index >= 15 is 0 Å². The first-order chi connectivity index (χ1) is 8.65. The number of aromatic nitrogens is 1. The Bertz CT molecular complexity index is 552. The van der Waals surface area contributed by atoms with Crippen molar-refractivity contribution in [3.63, 3.8) is 0 Å². The molecule has 0 bridgehead atoms. The summed E-state index contributed by atoms with van der Waals surface area (Å²) in [5.41, 5.74) is 1.17. The highest BCUT2D eigenvalue weighted by Gasteiger charge is 2.14. The fourth-order valence-electron chi connectivity index (χ4n) is 1.73.